The number of carbonyl (C=O) groups is 1. The third kappa shape index (κ3) is 4.48. The van der Waals surface area contributed by atoms with E-state index in [-0.39, 0.29) is 18.6 Å². The molecule has 110 valence electrons. The number of ether oxygens (including phenoxy) is 1. The van der Waals surface area contributed by atoms with Crippen LogP contribution in [-0.4, -0.2) is 12.5 Å². The Labute approximate surface area is 128 Å². The zero-order chi connectivity index (χ0) is 15.2. The minimum atomic E-state index is -0.239. The first-order valence-corrected chi connectivity index (χ1v) is 6.97. The summed E-state index contributed by atoms with van der Waals surface area (Å²) in [4.78, 5) is 11.9. The number of anilines is 1. The van der Waals surface area contributed by atoms with Gasteiger partial charge in [0, 0.05) is 22.3 Å². The Morgan fingerprint density at radius 3 is 2.57 bits per heavy atom. The van der Waals surface area contributed by atoms with Gasteiger partial charge < -0.3 is 15.8 Å². The SMILES string of the molecule is CC(N)c1ccccc1OCC(=O)Nc1ccc(Cl)cc1. The monoisotopic (exact) mass is 304 g/mol. The van der Waals surface area contributed by atoms with E-state index in [4.69, 9.17) is 22.1 Å². The van der Waals surface area contributed by atoms with Crippen LogP contribution in [0.4, 0.5) is 5.69 Å². The minimum Gasteiger partial charge on any atom is -0.483 e. The number of carbonyl (C=O) groups excluding carboxylic acids is 1. The van der Waals surface area contributed by atoms with Gasteiger partial charge in [0.05, 0.1) is 0 Å². The summed E-state index contributed by atoms with van der Waals surface area (Å²) in [6, 6.07) is 14.2. The first-order chi connectivity index (χ1) is 10.1. The molecule has 0 aliphatic carbocycles. The van der Waals surface area contributed by atoms with Gasteiger partial charge >= 0.3 is 0 Å². The number of amides is 1. The van der Waals surface area contributed by atoms with E-state index in [1.54, 1.807) is 30.3 Å². The minimum absolute atomic E-state index is 0.0770. The van der Waals surface area contributed by atoms with Crippen LogP contribution in [0.5, 0.6) is 5.75 Å². The molecule has 0 aliphatic heterocycles. The normalized spacial score (nSPS) is 11.8. The van der Waals surface area contributed by atoms with Crippen molar-refractivity contribution in [3.63, 3.8) is 0 Å². The number of nitrogens with two attached hydrogens (primary N) is 1. The molecule has 0 saturated heterocycles. The molecule has 2 rings (SSSR count). The molecule has 1 unspecified atom stereocenters. The van der Waals surface area contributed by atoms with Gasteiger partial charge in [-0.3, -0.25) is 4.79 Å². The van der Waals surface area contributed by atoms with Gasteiger partial charge in [0.25, 0.3) is 5.91 Å². The van der Waals surface area contributed by atoms with Crippen molar-refractivity contribution in [1.82, 2.24) is 0 Å². The van der Waals surface area contributed by atoms with Gasteiger partial charge in [-0.1, -0.05) is 29.8 Å². The second-order valence-electron chi connectivity index (χ2n) is 4.67. The van der Waals surface area contributed by atoms with Crippen molar-refractivity contribution in [2.75, 3.05) is 11.9 Å². The van der Waals surface area contributed by atoms with E-state index in [1.165, 1.54) is 0 Å². The molecule has 2 aromatic carbocycles. The molecule has 2 aromatic rings. The van der Waals surface area contributed by atoms with Gasteiger partial charge in [0.15, 0.2) is 6.61 Å². The van der Waals surface area contributed by atoms with Crippen LogP contribution < -0.4 is 15.8 Å². The molecule has 0 heterocycles. The number of benzene rings is 2. The molecule has 0 saturated carbocycles. The molecule has 0 spiro atoms. The largest absolute Gasteiger partial charge is 0.483 e. The zero-order valence-electron chi connectivity index (χ0n) is 11.7. The molecular weight excluding hydrogens is 288 g/mol. The summed E-state index contributed by atoms with van der Waals surface area (Å²) in [5.41, 5.74) is 7.41. The Morgan fingerprint density at radius 2 is 1.90 bits per heavy atom. The number of hydrogen-bond acceptors (Lipinski definition) is 3. The van der Waals surface area contributed by atoms with E-state index >= 15 is 0 Å². The fraction of sp³-hybridized carbons (Fsp3) is 0.188. The summed E-state index contributed by atoms with van der Waals surface area (Å²) in [5.74, 6) is 0.385. The average Bonchev–Trinajstić information content (AvgIpc) is 2.48. The molecule has 21 heavy (non-hydrogen) atoms. The highest BCUT2D eigenvalue weighted by Crippen LogP contribution is 2.23. The smallest absolute Gasteiger partial charge is 0.262 e. The number of para-hydroxylation sites is 1. The predicted octanol–water partition coefficient (Wildman–Crippen LogP) is 3.38. The van der Waals surface area contributed by atoms with Crippen molar-refractivity contribution in [2.24, 2.45) is 5.73 Å². The van der Waals surface area contributed by atoms with Crippen molar-refractivity contribution in [2.45, 2.75) is 13.0 Å². The summed E-state index contributed by atoms with van der Waals surface area (Å²) in [6.45, 7) is 1.79. The van der Waals surface area contributed by atoms with Crippen molar-refractivity contribution in [1.29, 1.82) is 0 Å². The number of hydrogen-bond donors (Lipinski definition) is 2. The van der Waals surface area contributed by atoms with E-state index < -0.39 is 0 Å². The quantitative estimate of drug-likeness (QED) is 0.890. The maximum Gasteiger partial charge on any atom is 0.262 e. The zero-order valence-corrected chi connectivity index (χ0v) is 12.4. The van der Waals surface area contributed by atoms with Crippen LogP contribution in [0.25, 0.3) is 0 Å². The van der Waals surface area contributed by atoms with Gasteiger partial charge in [0.2, 0.25) is 0 Å². The van der Waals surface area contributed by atoms with Crippen LogP contribution in [0.3, 0.4) is 0 Å². The Bertz CT molecular complexity index is 612. The lowest BCUT2D eigenvalue weighted by molar-refractivity contribution is -0.118. The summed E-state index contributed by atoms with van der Waals surface area (Å²) >= 11 is 5.79. The van der Waals surface area contributed by atoms with Crippen LogP contribution >= 0.6 is 11.6 Å². The third-order valence-electron chi connectivity index (χ3n) is 2.90. The molecule has 0 aromatic heterocycles. The van der Waals surface area contributed by atoms with Crippen LogP contribution in [-0.2, 0) is 4.79 Å². The van der Waals surface area contributed by atoms with Gasteiger partial charge in [-0.25, -0.2) is 0 Å². The second kappa shape index (κ2) is 7.11. The molecular formula is C16H17ClN2O2. The molecule has 1 amide bonds. The van der Waals surface area contributed by atoms with Gasteiger partial charge in [-0.2, -0.15) is 0 Å². The third-order valence-corrected chi connectivity index (χ3v) is 3.15. The Morgan fingerprint density at radius 1 is 1.24 bits per heavy atom. The summed E-state index contributed by atoms with van der Waals surface area (Å²) in [7, 11) is 0. The average molecular weight is 305 g/mol. The maximum atomic E-state index is 11.9. The van der Waals surface area contributed by atoms with Crippen LogP contribution in [0, 0.1) is 0 Å². The van der Waals surface area contributed by atoms with E-state index in [0.717, 1.165) is 5.56 Å². The fourth-order valence-electron chi connectivity index (χ4n) is 1.86. The molecule has 5 heteroatoms. The van der Waals surface area contributed by atoms with E-state index in [9.17, 15) is 4.79 Å². The van der Waals surface area contributed by atoms with Crippen molar-refractivity contribution < 1.29 is 9.53 Å². The van der Waals surface area contributed by atoms with Gasteiger partial charge in [-0.15, -0.1) is 0 Å². The standard InChI is InChI=1S/C16H17ClN2O2/c1-11(18)14-4-2-3-5-15(14)21-10-16(20)19-13-8-6-12(17)7-9-13/h2-9,11H,10,18H2,1H3,(H,19,20). The van der Waals surface area contributed by atoms with Crippen molar-refractivity contribution >= 4 is 23.2 Å². The molecule has 1 atom stereocenters. The molecule has 4 nitrogen and oxygen atoms in total. The second-order valence-corrected chi connectivity index (χ2v) is 5.11. The highest BCUT2D eigenvalue weighted by Gasteiger charge is 2.09. The van der Waals surface area contributed by atoms with Gasteiger partial charge in [-0.05, 0) is 37.3 Å². The van der Waals surface area contributed by atoms with E-state index in [2.05, 4.69) is 5.32 Å². The maximum absolute atomic E-state index is 11.9. The lowest BCUT2D eigenvalue weighted by Gasteiger charge is -2.13. The lowest BCUT2D eigenvalue weighted by atomic mass is 10.1. The Hall–Kier alpha value is -2.04. The predicted molar refractivity (Wildman–Crippen MR) is 84.6 cm³/mol. The highest BCUT2D eigenvalue weighted by atomic mass is 35.5. The number of halogens is 1. The van der Waals surface area contributed by atoms with Crippen LogP contribution in [0.15, 0.2) is 48.5 Å². The van der Waals surface area contributed by atoms with Crippen LogP contribution in [0.2, 0.25) is 5.02 Å². The van der Waals surface area contributed by atoms with Crippen molar-refractivity contribution in [3.8, 4) is 5.75 Å². The van der Waals surface area contributed by atoms with Gasteiger partial charge in [0.1, 0.15) is 5.75 Å². The lowest BCUT2D eigenvalue weighted by Crippen LogP contribution is -2.21. The van der Waals surface area contributed by atoms with Crippen molar-refractivity contribution in [3.05, 3.63) is 59.1 Å². The first-order valence-electron chi connectivity index (χ1n) is 6.59. The van der Waals surface area contributed by atoms with E-state index in [0.29, 0.717) is 16.5 Å². The molecule has 3 N–H and O–H groups in total. The van der Waals surface area contributed by atoms with E-state index in [1.807, 2.05) is 25.1 Å². The number of nitrogens with one attached hydrogen (secondary N) is 1. The molecule has 0 aliphatic rings. The summed E-state index contributed by atoms with van der Waals surface area (Å²) in [5, 5.41) is 3.35. The summed E-state index contributed by atoms with van der Waals surface area (Å²) in [6.07, 6.45) is 0. The Balaban J connectivity index is 1.94. The summed E-state index contributed by atoms with van der Waals surface area (Å²) < 4.78 is 5.54. The topological polar surface area (TPSA) is 64.3 Å². The molecule has 0 fully saturated rings. The molecule has 0 radical (unpaired) electrons. The molecule has 0 bridgehead atoms. The van der Waals surface area contributed by atoms with Crippen LogP contribution in [0.1, 0.15) is 18.5 Å². The fourth-order valence-corrected chi connectivity index (χ4v) is 1.99. The number of rotatable bonds is 5. The highest BCUT2D eigenvalue weighted by molar-refractivity contribution is 6.30. The first kappa shape index (κ1) is 15.4. The Kier molecular flexibility index (Phi) is 5.20.